The third-order valence-corrected chi connectivity index (χ3v) is 16.3. The number of benzene rings is 11. The van der Waals surface area contributed by atoms with E-state index in [0.717, 1.165) is 145 Å². The van der Waals surface area contributed by atoms with Crippen LogP contribution in [0.15, 0.2) is 309 Å². The molecule has 11 aromatic carbocycles. The largest absolute Gasteiger partial charge is 0.307 e. The standard InChI is InChI=1S/C79H51N7/c1-7-24-52(25-8-1)58-42-44-74-63(46-58)61-36-19-21-40-72(61)85(74)76-49-60(70-50-68(54-28-11-3-12-29-54)81-78(83-70)56-32-15-5-16-33-56)48-65(71-51-69(55-30-13-4-14-31-55)82-79(84-71)57-34-17-6-18-35-57)77(76)86-73-41-22-20-37-62(73)64-47-59(43-45-75(64)86)67-39-23-38-66(80-67)53-26-9-2-10-27-53/h1-51H. The summed E-state index contributed by atoms with van der Waals surface area (Å²) in [6.45, 7) is 0. The van der Waals surface area contributed by atoms with Gasteiger partial charge >= 0.3 is 0 Å². The van der Waals surface area contributed by atoms with Gasteiger partial charge in [-0.1, -0.05) is 237 Å². The van der Waals surface area contributed by atoms with E-state index < -0.39 is 0 Å². The van der Waals surface area contributed by atoms with Crippen LogP contribution in [0.2, 0.25) is 0 Å². The van der Waals surface area contributed by atoms with Gasteiger partial charge in [-0.05, 0) is 83.9 Å². The van der Waals surface area contributed by atoms with Crippen molar-refractivity contribution in [2.75, 3.05) is 0 Å². The van der Waals surface area contributed by atoms with E-state index in [1.807, 2.05) is 54.6 Å². The summed E-state index contributed by atoms with van der Waals surface area (Å²) in [5.41, 5.74) is 20.9. The summed E-state index contributed by atoms with van der Waals surface area (Å²) in [6.07, 6.45) is 0. The Hall–Kier alpha value is -11.7. The van der Waals surface area contributed by atoms with Crippen LogP contribution in [-0.2, 0) is 0 Å². The molecule has 7 heteroatoms. The van der Waals surface area contributed by atoms with Gasteiger partial charge in [0.25, 0.3) is 0 Å². The molecule has 5 heterocycles. The first-order valence-electron chi connectivity index (χ1n) is 29.0. The zero-order valence-corrected chi connectivity index (χ0v) is 46.6. The predicted octanol–water partition coefficient (Wildman–Crippen LogP) is 19.9. The average Bonchev–Trinajstić information content (AvgIpc) is 1.58. The van der Waals surface area contributed by atoms with E-state index >= 15 is 0 Å². The molecule has 0 bridgehead atoms. The van der Waals surface area contributed by atoms with E-state index in [4.69, 9.17) is 24.9 Å². The number of pyridine rings is 1. The van der Waals surface area contributed by atoms with Crippen LogP contribution in [0.4, 0.5) is 0 Å². The lowest BCUT2D eigenvalue weighted by Crippen LogP contribution is -2.08. The summed E-state index contributed by atoms with van der Waals surface area (Å²) in [5, 5.41) is 4.47. The number of fused-ring (bicyclic) bond motifs is 6. The number of para-hydroxylation sites is 2. The van der Waals surface area contributed by atoms with Gasteiger partial charge < -0.3 is 9.13 Å². The Morgan fingerprint density at radius 1 is 0.198 bits per heavy atom. The molecule has 0 radical (unpaired) electrons. The van der Waals surface area contributed by atoms with Crippen LogP contribution in [0, 0.1) is 0 Å². The van der Waals surface area contributed by atoms with E-state index in [9.17, 15) is 0 Å². The summed E-state index contributed by atoms with van der Waals surface area (Å²) in [7, 11) is 0. The molecule has 0 aliphatic rings. The van der Waals surface area contributed by atoms with Gasteiger partial charge in [-0.15, -0.1) is 0 Å². The van der Waals surface area contributed by atoms with Crippen molar-refractivity contribution < 1.29 is 0 Å². The van der Waals surface area contributed by atoms with Gasteiger partial charge in [0.2, 0.25) is 0 Å². The number of rotatable bonds is 11. The van der Waals surface area contributed by atoms with Crippen molar-refractivity contribution in [1.29, 1.82) is 0 Å². The third kappa shape index (κ3) is 8.99. The van der Waals surface area contributed by atoms with Crippen LogP contribution in [0.5, 0.6) is 0 Å². The van der Waals surface area contributed by atoms with Crippen molar-refractivity contribution in [2.24, 2.45) is 0 Å². The quantitative estimate of drug-likeness (QED) is 0.129. The maximum Gasteiger partial charge on any atom is 0.160 e. The molecule has 86 heavy (non-hydrogen) atoms. The van der Waals surface area contributed by atoms with Crippen LogP contribution >= 0.6 is 0 Å². The molecule has 16 rings (SSSR count). The number of hydrogen-bond acceptors (Lipinski definition) is 5. The molecule has 0 aliphatic carbocycles. The van der Waals surface area contributed by atoms with Crippen molar-refractivity contribution >= 4 is 43.6 Å². The summed E-state index contributed by atoms with van der Waals surface area (Å²) in [6, 6.07) is 109. The van der Waals surface area contributed by atoms with E-state index in [1.165, 1.54) is 0 Å². The highest BCUT2D eigenvalue weighted by atomic mass is 15.1. The van der Waals surface area contributed by atoms with Gasteiger partial charge in [-0.25, -0.2) is 24.9 Å². The minimum atomic E-state index is 0.613. The Morgan fingerprint density at radius 2 is 0.581 bits per heavy atom. The van der Waals surface area contributed by atoms with Crippen LogP contribution in [-0.4, -0.2) is 34.1 Å². The lowest BCUT2D eigenvalue weighted by Gasteiger charge is -2.23. The third-order valence-electron chi connectivity index (χ3n) is 16.3. The Balaban J connectivity index is 1.06. The number of nitrogens with zero attached hydrogens (tertiary/aromatic N) is 7. The van der Waals surface area contributed by atoms with Crippen molar-refractivity contribution in [3.8, 4) is 113 Å². The fourth-order valence-corrected chi connectivity index (χ4v) is 12.3. The SMILES string of the molecule is c1ccc(-c2ccc3c(c2)c2ccccc2n3-c2cc(-c3cc(-c4ccccc4)nc(-c4ccccc4)n3)cc(-c3cc(-c4ccccc4)nc(-c4ccccc4)n3)c2-n2c3ccccc3c3cc(-c4cccc(-c5ccccc5)n4)ccc32)cc1. The monoisotopic (exact) mass is 1100 g/mol. The lowest BCUT2D eigenvalue weighted by molar-refractivity contribution is 1.09. The van der Waals surface area contributed by atoms with E-state index in [-0.39, 0.29) is 0 Å². The molecular formula is C79H51N7. The Morgan fingerprint density at radius 3 is 1.13 bits per heavy atom. The molecule has 402 valence electrons. The molecule has 0 amide bonds. The van der Waals surface area contributed by atoms with Gasteiger partial charge in [-0.3, -0.25) is 0 Å². The van der Waals surface area contributed by atoms with Gasteiger partial charge in [0.1, 0.15) is 0 Å². The van der Waals surface area contributed by atoms with Crippen molar-refractivity contribution in [1.82, 2.24) is 34.1 Å². The van der Waals surface area contributed by atoms with E-state index in [2.05, 4.69) is 264 Å². The normalized spacial score (nSPS) is 11.5. The minimum absolute atomic E-state index is 0.613. The lowest BCUT2D eigenvalue weighted by atomic mass is 9.97. The van der Waals surface area contributed by atoms with E-state index in [0.29, 0.717) is 11.6 Å². The first-order valence-corrected chi connectivity index (χ1v) is 29.0. The second-order valence-electron chi connectivity index (χ2n) is 21.6. The molecule has 0 spiro atoms. The highest BCUT2D eigenvalue weighted by Gasteiger charge is 2.27. The van der Waals surface area contributed by atoms with Crippen molar-refractivity contribution in [3.63, 3.8) is 0 Å². The summed E-state index contributed by atoms with van der Waals surface area (Å²) in [5.74, 6) is 1.24. The molecule has 0 unspecified atom stereocenters. The maximum atomic E-state index is 5.70. The van der Waals surface area contributed by atoms with E-state index in [1.54, 1.807) is 0 Å². The van der Waals surface area contributed by atoms with Gasteiger partial charge in [-0.2, -0.15) is 0 Å². The second-order valence-corrected chi connectivity index (χ2v) is 21.6. The topological polar surface area (TPSA) is 74.3 Å². The average molecular weight is 1100 g/mol. The molecule has 0 fully saturated rings. The number of aromatic nitrogens is 7. The minimum Gasteiger partial charge on any atom is -0.307 e. The summed E-state index contributed by atoms with van der Waals surface area (Å²) in [4.78, 5) is 27.2. The predicted molar refractivity (Wildman–Crippen MR) is 353 cm³/mol. The smallest absolute Gasteiger partial charge is 0.160 e. The Labute approximate surface area is 497 Å². The van der Waals surface area contributed by atoms with Crippen LogP contribution in [0.25, 0.3) is 156 Å². The highest BCUT2D eigenvalue weighted by molar-refractivity contribution is 6.14. The molecule has 5 aromatic heterocycles. The Kier molecular flexibility index (Phi) is 12.4. The zero-order valence-electron chi connectivity index (χ0n) is 46.6. The highest BCUT2D eigenvalue weighted by Crippen LogP contribution is 2.46. The second kappa shape index (κ2) is 21.3. The zero-order chi connectivity index (χ0) is 56.9. The molecule has 0 N–H and O–H groups in total. The first kappa shape index (κ1) is 50.1. The number of hydrogen-bond donors (Lipinski definition) is 0. The molecule has 0 saturated carbocycles. The van der Waals surface area contributed by atoms with Crippen LogP contribution in [0.3, 0.4) is 0 Å². The molecule has 0 saturated heterocycles. The molecule has 16 aromatic rings. The molecular weight excluding hydrogens is 1050 g/mol. The fraction of sp³-hybridized carbons (Fsp3) is 0. The summed E-state index contributed by atoms with van der Waals surface area (Å²) < 4.78 is 4.93. The maximum absolute atomic E-state index is 5.70. The molecule has 7 nitrogen and oxygen atoms in total. The van der Waals surface area contributed by atoms with Crippen molar-refractivity contribution in [2.45, 2.75) is 0 Å². The first-order chi connectivity index (χ1) is 42.6. The van der Waals surface area contributed by atoms with Gasteiger partial charge in [0.05, 0.1) is 67.6 Å². The Bertz CT molecular complexity index is 5080. The van der Waals surface area contributed by atoms with Gasteiger partial charge in [0.15, 0.2) is 11.6 Å². The molecule has 0 aliphatic heterocycles. The van der Waals surface area contributed by atoms with Crippen molar-refractivity contribution in [3.05, 3.63) is 309 Å². The molecule has 0 atom stereocenters. The summed E-state index contributed by atoms with van der Waals surface area (Å²) >= 11 is 0. The fourth-order valence-electron chi connectivity index (χ4n) is 12.3. The van der Waals surface area contributed by atoms with Crippen LogP contribution in [0.1, 0.15) is 0 Å². The van der Waals surface area contributed by atoms with Crippen LogP contribution < -0.4 is 0 Å². The van der Waals surface area contributed by atoms with Gasteiger partial charge in [0, 0.05) is 66.1 Å².